The molecule has 1 aromatic heterocycles. The minimum absolute atomic E-state index is 0.423. The molecule has 9 heteroatoms. The highest BCUT2D eigenvalue weighted by molar-refractivity contribution is 7.89. The van der Waals surface area contributed by atoms with Crippen molar-refractivity contribution in [3.8, 4) is 0 Å². The molecule has 0 radical (unpaired) electrons. The molecule has 0 saturated heterocycles. The minimum Gasteiger partial charge on any atom is -0.358 e. The van der Waals surface area contributed by atoms with Crippen molar-refractivity contribution in [3.05, 3.63) is 16.3 Å². The van der Waals surface area contributed by atoms with E-state index in [2.05, 4.69) is 5.10 Å². The van der Waals surface area contributed by atoms with Gasteiger partial charge in [-0.2, -0.15) is 4.68 Å². The second kappa shape index (κ2) is 4.58. The van der Waals surface area contributed by atoms with Crippen molar-refractivity contribution >= 4 is 15.8 Å². The maximum absolute atomic E-state index is 11.1. The summed E-state index contributed by atoms with van der Waals surface area (Å²) in [5, 5.41) is 19.0. The SMILES string of the molecule is CCCCn1cc(S(N)(=O)=O)c([N+](=O)[O-])n1. The largest absolute Gasteiger partial charge is 0.410 e. The average molecular weight is 248 g/mol. The Bertz CT molecular complexity index is 492. The zero-order valence-corrected chi connectivity index (χ0v) is 9.48. The Morgan fingerprint density at radius 3 is 2.62 bits per heavy atom. The highest BCUT2D eigenvalue weighted by Crippen LogP contribution is 2.20. The van der Waals surface area contributed by atoms with Gasteiger partial charge in [0.05, 0.1) is 17.8 Å². The number of nitrogens with two attached hydrogens (primary N) is 1. The molecule has 2 N–H and O–H groups in total. The topological polar surface area (TPSA) is 121 Å². The van der Waals surface area contributed by atoms with E-state index in [-0.39, 0.29) is 0 Å². The zero-order valence-electron chi connectivity index (χ0n) is 8.66. The molecule has 1 heterocycles. The van der Waals surface area contributed by atoms with Crippen molar-refractivity contribution < 1.29 is 13.3 Å². The molecule has 1 aromatic rings. The van der Waals surface area contributed by atoms with Crippen molar-refractivity contribution in [3.63, 3.8) is 0 Å². The standard InChI is InChI=1S/C7H12N4O4S/c1-2-3-4-10-5-6(16(8,14)15)7(9-10)11(12)13/h5H,2-4H2,1H3,(H2,8,14,15). The van der Waals surface area contributed by atoms with Crippen molar-refractivity contribution in [1.29, 1.82) is 0 Å². The van der Waals surface area contributed by atoms with Gasteiger partial charge < -0.3 is 10.1 Å². The van der Waals surface area contributed by atoms with Gasteiger partial charge in [-0.05, 0) is 11.3 Å². The van der Waals surface area contributed by atoms with Crippen LogP contribution < -0.4 is 5.14 Å². The van der Waals surface area contributed by atoms with E-state index in [0.717, 1.165) is 19.0 Å². The quantitative estimate of drug-likeness (QED) is 0.590. The Balaban J connectivity index is 3.16. The number of sulfonamides is 1. The van der Waals surface area contributed by atoms with Crippen LogP contribution in [-0.4, -0.2) is 23.1 Å². The molecular formula is C7H12N4O4S. The number of unbranched alkanes of at least 4 members (excludes halogenated alkanes) is 1. The van der Waals surface area contributed by atoms with Gasteiger partial charge in [-0.15, -0.1) is 0 Å². The van der Waals surface area contributed by atoms with Crippen LogP contribution >= 0.6 is 0 Å². The lowest BCUT2D eigenvalue weighted by atomic mass is 10.3. The van der Waals surface area contributed by atoms with E-state index in [1.54, 1.807) is 0 Å². The van der Waals surface area contributed by atoms with Gasteiger partial charge >= 0.3 is 5.82 Å². The number of hydrogen-bond acceptors (Lipinski definition) is 5. The van der Waals surface area contributed by atoms with Gasteiger partial charge in [-0.3, -0.25) is 0 Å². The highest BCUT2D eigenvalue weighted by atomic mass is 32.2. The van der Waals surface area contributed by atoms with Gasteiger partial charge in [-0.1, -0.05) is 13.3 Å². The fourth-order valence-corrected chi connectivity index (χ4v) is 1.79. The third-order valence-electron chi connectivity index (χ3n) is 1.93. The van der Waals surface area contributed by atoms with Crippen LogP contribution in [0.1, 0.15) is 19.8 Å². The second-order valence-corrected chi connectivity index (χ2v) is 4.77. The molecule has 0 aromatic carbocycles. The predicted molar refractivity (Wildman–Crippen MR) is 55.2 cm³/mol. The van der Waals surface area contributed by atoms with Crippen LogP contribution in [0.25, 0.3) is 0 Å². The summed E-state index contributed by atoms with van der Waals surface area (Å²) in [6.07, 6.45) is 2.71. The first-order valence-corrected chi connectivity index (χ1v) is 6.15. The second-order valence-electron chi connectivity index (χ2n) is 3.24. The van der Waals surface area contributed by atoms with Crippen LogP contribution in [0.15, 0.2) is 11.1 Å². The number of aryl methyl sites for hydroxylation is 1. The first-order valence-electron chi connectivity index (χ1n) is 4.61. The molecule has 0 aliphatic heterocycles. The Morgan fingerprint density at radius 2 is 2.25 bits per heavy atom. The maximum Gasteiger partial charge on any atom is 0.410 e. The molecule has 1 rings (SSSR count). The smallest absolute Gasteiger partial charge is 0.358 e. The number of rotatable bonds is 5. The molecule has 0 amide bonds. The van der Waals surface area contributed by atoms with Crippen molar-refractivity contribution in [1.82, 2.24) is 9.78 Å². The summed E-state index contributed by atoms with van der Waals surface area (Å²) in [5.41, 5.74) is 0. The maximum atomic E-state index is 11.1. The normalized spacial score (nSPS) is 11.6. The predicted octanol–water partition coefficient (Wildman–Crippen LogP) is 0.239. The Labute approximate surface area is 92.3 Å². The van der Waals surface area contributed by atoms with E-state index >= 15 is 0 Å². The van der Waals surface area contributed by atoms with E-state index in [1.807, 2.05) is 6.92 Å². The number of nitrogens with zero attached hydrogens (tertiary/aromatic N) is 3. The fourth-order valence-electron chi connectivity index (χ4n) is 1.15. The summed E-state index contributed by atoms with van der Waals surface area (Å²) >= 11 is 0. The number of primary sulfonamides is 1. The van der Waals surface area contributed by atoms with Crippen molar-refractivity contribution in [2.24, 2.45) is 5.14 Å². The molecule has 0 bridgehead atoms. The third kappa shape index (κ3) is 2.76. The monoisotopic (exact) mass is 248 g/mol. The van der Waals surface area contributed by atoms with Gasteiger partial charge in [0.15, 0.2) is 0 Å². The number of nitro groups is 1. The molecule has 0 spiro atoms. The molecule has 0 unspecified atom stereocenters. The van der Waals surface area contributed by atoms with E-state index in [9.17, 15) is 18.5 Å². The van der Waals surface area contributed by atoms with Gasteiger partial charge in [0, 0.05) is 0 Å². The lowest BCUT2D eigenvalue weighted by molar-refractivity contribution is -0.392. The first kappa shape index (κ1) is 12.6. The minimum atomic E-state index is -4.11. The van der Waals surface area contributed by atoms with E-state index in [4.69, 9.17) is 5.14 Å². The van der Waals surface area contributed by atoms with Crippen molar-refractivity contribution in [2.45, 2.75) is 31.2 Å². The van der Waals surface area contributed by atoms with Gasteiger partial charge in [0.2, 0.25) is 14.9 Å². The highest BCUT2D eigenvalue weighted by Gasteiger charge is 2.28. The molecule has 0 aliphatic carbocycles. The lowest BCUT2D eigenvalue weighted by Gasteiger charge is -1.92. The zero-order chi connectivity index (χ0) is 12.3. The summed E-state index contributed by atoms with van der Waals surface area (Å²) in [6, 6.07) is 0. The van der Waals surface area contributed by atoms with Crippen LogP contribution in [0, 0.1) is 10.1 Å². The van der Waals surface area contributed by atoms with E-state index in [1.165, 1.54) is 4.68 Å². The van der Waals surface area contributed by atoms with Crippen LogP contribution in [0.3, 0.4) is 0 Å². The summed E-state index contributed by atoms with van der Waals surface area (Å²) < 4.78 is 23.4. The lowest BCUT2D eigenvalue weighted by Crippen LogP contribution is -2.13. The van der Waals surface area contributed by atoms with Gasteiger partial charge in [0.1, 0.15) is 0 Å². The Kier molecular flexibility index (Phi) is 3.60. The summed E-state index contributed by atoms with van der Waals surface area (Å²) in [5.74, 6) is -0.724. The summed E-state index contributed by atoms with van der Waals surface area (Å²) in [7, 11) is -4.11. The molecule has 0 atom stereocenters. The van der Waals surface area contributed by atoms with E-state index < -0.39 is 25.7 Å². The average Bonchev–Trinajstić information content (AvgIpc) is 2.58. The number of hydrogen-bond donors (Lipinski definition) is 1. The van der Waals surface area contributed by atoms with Crippen molar-refractivity contribution in [2.75, 3.05) is 0 Å². The number of aromatic nitrogens is 2. The van der Waals surface area contributed by atoms with Gasteiger partial charge in [0.25, 0.3) is 0 Å². The van der Waals surface area contributed by atoms with Crippen LogP contribution in [0.4, 0.5) is 5.82 Å². The molecule has 0 fully saturated rings. The van der Waals surface area contributed by atoms with Crippen LogP contribution in [0.2, 0.25) is 0 Å². The first-order chi connectivity index (χ1) is 7.36. The summed E-state index contributed by atoms with van der Waals surface area (Å²) in [4.78, 5) is 9.16. The fraction of sp³-hybridized carbons (Fsp3) is 0.571. The van der Waals surface area contributed by atoms with Crippen LogP contribution in [0.5, 0.6) is 0 Å². The Hall–Kier alpha value is -1.48. The van der Waals surface area contributed by atoms with Gasteiger partial charge in [-0.25, -0.2) is 13.6 Å². The molecule has 0 aliphatic rings. The molecule has 16 heavy (non-hydrogen) atoms. The molecular weight excluding hydrogens is 236 g/mol. The molecule has 90 valence electrons. The summed E-state index contributed by atoms with van der Waals surface area (Å²) in [6.45, 7) is 2.37. The van der Waals surface area contributed by atoms with Crippen LogP contribution in [-0.2, 0) is 16.6 Å². The molecule has 8 nitrogen and oxygen atoms in total. The van der Waals surface area contributed by atoms with E-state index in [0.29, 0.717) is 6.54 Å². The Morgan fingerprint density at radius 1 is 1.62 bits per heavy atom. The molecule has 0 saturated carbocycles. The third-order valence-corrected chi connectivity index (χ3v) is 2.83.